The van der Waals surface area contributed by atoms with E-state index < -0.39 is 0 Å². The number of amides is 2. The van der Waals surface area contributed by atoms with Gasteiger partial charge in [-0.25, -0.2) is 4.79 Å². The average Bonchev–Trinajstić information content (AvgIpc) is 3.30. The molecule has 2 aliphatic heterocycles. The Morgan fingerprint density at radius 1 is 1.13 bits per heavy atom. The fraction of sp³-hybridized carbons (Fsp3) is 0.944. The second-order valence-electron chi connectivity index (χ2n) is 7.80. The van der Waals surface area contributed by atoms with Gasteiger partial charge in [0.2, 0.25) is 0 Å². The van der Waals surface area contributed by atoms with Gasteiger partial charge in [-0.2, -0.15) is 0 Å². The molecule has 0 aromatic heterocycles. The number of likely N-dealkylation sites (tertiary alicyclic amines) is 1. The fourth-order valence-corrected chi connectivity index (χ4v) is 4.25. The van der Waals surface area contributed by atoms with E-state index in [1.807, 2.05) is 4.90 Å². The number of carbonyl (C=O) groups is 1. The first-order chi connectivity index (χ1) is 11.2. The number of urea groups is 1. The molecule has 0 aromatic rings. The second-order valence-corrected chi connectivity index (χ2v) is 7.80. The van der Waals surface area contributed by atoms with Crippen molar-refractivity contribution >= 4 is 6.03 Å². The standard InChI is InChI=1S/C18H34N4O/c1-3-8-20-9-4-5-17(20)12-19-18(23)22-11-10-21(16-6-7-16)13-15(2)14-22/h15-17H,3-14H2,1-2H3,(H,19,23)/t15?,17-/m0/s1. The molecule has 2 atom stereocenters. The third kappa shape index (κ3) is 4.60. The minimum absolute atomic E-state index is 0.151. The zero-order valence-corrected chi connectivity index (χ0v) is 15.0. The van der Waals surface area contributed by atoms with Crippen molar-refractivity contribution in [1.29, 1.82) is 0 Å². The lowest BCUT2D eigenvalue weighted by atomic mass is 10.1. The summed E-state index contributed by atoms with van der Waals surface area (Å²) in [5, 5.41) is 3.22. The monoisotopic (exact) mass is 322 g/mol. The lowest BCUT2D eigenvalue weighted by Crippen LogP contribution is -2.47. The maximum atomic E-state index is 12.6. The molecular weight excluding hydrogens is 288 g/mol. The summed E-state index contributed by atoms with van der Waals surface area (Å²) in [6.45, 7) is 11.7. The molecule has 2 saturated heterocycles. The molecule has 0 radical (unpaired) electrons. The van der Waals surface area contributed by atoms with E-state index in [4.69, 9.17) is 0 Å². The van der Waals surface area contributed by atoms with Gasteiger partial charge in [-0.1, -0.05) is 13.8 Å². The highest BCUT2D eigenvalue weighted by Gasteiger charge is 2.33. The SMILES string of the molecule is CCCN1CCC[C@H]1CNC(=O)N1CCN(C2CC2)CC(C)C1. The molecule has 0 spiro atoms. The van der Waals surface area contributed by atoms with Gasteiger partial charge in [-0.05, 0) is 51.1 Å². The van der Waals surface area contributed by atoms with Gasteiger partial charge in [0.05, 0.1) is 0 Å². The summed E-state index contributed by atoms with van der Waals surface area (Å²) in [6.07, 6.45) is 6.41. The quantitative estimate of drug-likeness (QED) is 0.841. The molecule has 1 unspecified atom stereocenters. The van der Waals surface area contributed by atoms with E-state index in [2.05, 4.69) is 29.0 Å². The lowest BCUT2D eigenvalue weighted by Gasteiger charge is -2.27. The van der Waals surface area contributed by atoms with Gasteiger partial charge < -0.3 is 10.2 Å². The Bertz CT molecular complexity index is 398. The van der Waals surface area contributed by atoms with Gasteiger partial charge in [-0.15, -0.1) is 0 Å². The molecule has 2 heterocycles. The topological polar surface area (TPSA) is 38.8 Å². The van der Waals surface area contributed by atoms with Crippen molar-refractivity contribution in [2.75, 3.05) is 45.8 Å². The normalized spacial score (nSPS) is 30.4. The van der Waals surface area contributed by atoms with Crippen molar-refractivity contribution in [2.45, 2.75) is 58.0 Å². The number of carbonyl (C=O) groups excluding carboxylic acids is 1. The molecule has 5 heteroatoms. The highest BCUT2D eigenvalue weighted by atomic mass is 16.2. The Kier molecular flexibility index (Phi) is 5.81. The summed E-state index contributed by atoms with van der Waals surface area (Å²) in [5.74, 6) is 0.576. The van der Waals surface area contributed by atoms with Crippen molar-refractivity contribution in [3.05, 3.63) is 0 Å². The molecule has 3 rings (SSSR count). The largest absolute Gasteiger partial charge is 0.336 e. The van der Waals surface area contributed by atoms with Crippen LogP contribution in [0.4, 0.5) is 4.79 Å². The zero-order chi connectivity index (χ0) is 16.2. The van der Waals surface area contributed by atoms with E-state index in [0.29, 0.717) is 12.0 Å². The Hall–Kier alpha value is -0.810. The van der Waals surface area contributed by atoms with E-state index in [9.17, 15) is 4.79 Å². The van der Waals surface area contributed by atoms with Gasteiger partial charge >= 0.3 is 6.03 Å². The molecule has 0 aromatic carbocycles. The summed E-state index contributed by atoms with van der Waals surface area (Å²) in [4.78, 5) is 19.8. The Morgan fingerprint density at radius 3 is 2.70 bits per heavy atom. The molecule has 1 saturated carbocycles. The van der Waals surface area contributed by atoms with E-state index in [-0.39, 0.29) is 6.03 Å². The van der Waals surface area contributed by atoms with Crippen LogP contribution in [-0.4, -0.2) is 78.6 Å². The van der Waals surface area contributed by atoms with Crippen LogP contribution < -0.4 is 5.32 Å². The Morgan fingerprint density at radius 2 is 1.96 bits per heavy atom. The van der Waals surface area contributed by atoms with E-state index >= 15 is 0 Å². The van der Waals surface area contributed by atoms with Crippen molar-refractivity contribution in [3.63, 3.8) is 0 Å². The number of nitrogens with one attached hydrogen (secondary N) is 1. The van der Waals surface area contributed by atoms with Crippen LogP contribution in [0.1, 0.15) is 46.0 Å². The highest BCUT2D eigenvalue weighted by molar-refractivity contribution is 5.74. The molecular formula is C18H34N4O. The summed E-state index contributed by atoms with van der Waals surface area (Å²) in [5.41, 5.74) is 0. The van der Waals surface area contributed by atoms with Crippen LogP contribution in [0.25, 0.3) is 0 Å². The van der Waals surface area contributed by atoms with Gasteiger partial charge in [0.15, 0.2) is 0 Å². The summed E-state index contributed by atoms with van der Waals surface area (Å²) >= 11 is 0. The van der Waals surface area contributed by atoms with Crippen molar-refractivity contribution < 1.29 is 4.79 Å². The van der Waals surface area contributed by atoms with Crippen LogP contribution in [0, 0.1) is 5.92 Å². The Labute approximate surface area is 141 Å². The van der Waals surface area contributed by atoms with Crippen LogP contribution in [-0.2, 0) is 0 Å². The van der Waals surface area contributed by atoms with Crippen LogP contribution in [0.2, 0.25) is 0 Å². The maximum Gasteiger partial charge on any atom is 0.317 e. The first kappa shape index (κ1) is 17.0. The van der Waals surface area contributed by atoms with E-state index in [0.717, 1.165) is 45.3 Å². The van der Waals surface area contributed by atoms with Gasteiger partial charge in [0.25, 0.3) is 0 Å². The lowest BCUT2D eigenvalue weighted by molar-refractivity contribution is 0.187. The van der Waals surface area contributed by atoms with Crippen LogP contribution in [0.5, 0.6) is 0 Å². The minimum Gasteiger partial charge on any atom is -0.336 e. The molecule has 3 fully saturated rings. The third-order valence-electron chi connectivity index (χ3n) is 5.58. The van der Waals surface area contributed by atoms with Crippen molar-refractivity contribution in [2.24, 2.45) is 5.92 Å². The number of hydrogen-bond donors (Lipinski definition) is 1. The smallest absolute Gasteiger partial charge is 0.317 e. The Balaban J connectivity index is 1.45. The average molecular weight is 322 g/mol. The molecule has 5 nitrogen and oxygen atoms in total. The molecule has 23 heavy (non-hydrogen) atoms. The van der Waals surface area contributed by atoms with Crippen molar-refractivity contribution in [1.82, 2.24) is 20.0 Å². The third-order valence-corrected chi connectivity index (χ3v) is 5.58. The van der Waals surface area contributed by atoms with Crippen LogP contribution >= 0.6 is 0 Å². The molecule has 132 valence electrons. The molecule has 1 aliphatic carbocycles. The number of hydrogen-bond acceptors (Lipinski definition) is 3. The summed E-state index contributed by atoms with van der Waals surface area (Å²) in [7, 11) is 0. The fourth-order valence-electron chi connectivity index (χ4n) is 4.25. The van der Waals surface area contributed by atoms with E-state index in [1.54, 1.807) is 0 Å². The highest BCUT2D eigenvalue weighted by Crippen LogP contribution is 2.28. The first-order valence-electron chi connectivity index (χ1n) is 9.68. The predicted molar refractivity (Wildman–Crippen MR) is 93.6 cm³/mol. The van der Waals surface area contributed by atoms with Crippen molar-refractivity contribution in [3.8, 4) is 0 Å². The summed E-state index contributed by atoms with van der Waals surface area (Å²) in [6, 6.07) is 1.51. The predicted octanol–water partition coefficient (Wildman–Crippen LogP) is 1.99. The maximum absolute atomic E-state index is 12.6. The van der Waals surface area contributed by atoms with Gasteiger partial charge in [-0.3, -0.25) is 9.80 Å². The zero-order valence-electron chi connectivity index (χ0n) is 15.0. The summed E-state index contributed by atoms with van der Waals surface area (Å²) < 4.78 is 0. The van der Waals surface area contributed by atoms with E-state index in [1.165, 1.54) is 38.6 Å². The second kappa shape index (κ2) is 7.84. The molecule has 1 N–H and O–H groups in total. The number of rotatable bonds is 5. The van der Waals surface area contributed by atoms with Crippen LogP contribution in [0.3, 0.4) is 0 Å². The minimum atomic E-state index is 0.151. The molecule has 3 aliphatic rings. The molecule has 0 bridgehead atoms. The van der Waals surface area contributed by atoms with Crippen LogP contribution in [0.15, 0.2) is 0 Å². The molecule has 2 amide bonds. The van der Waals surface area contributed by atoms with Gasteiger partial charge in [0.1, 0.15) is 0 Å². The van der Waals surface area contributed by atoms with Gasteiger partial charge in [0, 0.05) is 44.8 Å². The first-order valence-corrected chi connectivity index (χ1v) is 9.68. The number of nitrogens with zero attached hydrogens (tertiary/aromatic N) is 3.